The third-order valence-electron chi connectivity index (χ3n) is 3.54. The molecule has 0 aliphatic heterocycles. The lowest BCUT2D eigenvalue weighted by molar-refractivity contribution is 0.0975. The molecule has 0 fully saturated rings. The average Bonchev–Trinajstić information content (AvgIpc) is 2.50. The molecule has 0 saturated carbocycles. The first-order valence-electron chi connectivity index (χ1n) is 7.12. The molecule has 2 aromatic rings. The molecule has 104 valence electrons. The van der Waals surface area contributed by atoms with Gasteiger partial charge in [-0.25, -0.2) is 0 Å². The maximum Gasteiger partial charge on any atom is 0.164 e. The van der Waals surface area contributed by atoms with E-state index in [1.807, 2.05) is 48.5 Å². The molecule has 0 N–H and O–H groups in total. The van der Waals surface area contributed by atoms with Gasteiger partial charge in [0.1, 0.15) is 0 Å². The minimum Gasteiger partial charge on any atom is -0.369 e. The summed E-state index contributed by atoms with van der Waals surface area (Å²) in [6.07, 6.45) is 0.534. The highest BCUT2D eigenvalue weighted by Gasteiger charge is 2.17. The van der Waals surface area contributed by atoms with E-state index in [4.69, 9.17) is 0 Å². The number of carbonyl (C=O) groups is 1. The minimum absolute atomic E-state index is 0.190. The number of rotatable bonds is 6. The first kappa shape index (κ1) is 14.3. The summed E-state index contributed by atoms with van der Waals surface area (Å²) in [5.74, 6) is 0.201. The highest BCUT2D eigenvalue weighted by molar-refractivity contribution is 5.96. The van der Waals surface area contributed by atoms with Gasteiger partial charge >= 0.3 is 0 Å². The quantitative estimate of drug-likeness (QED) is 0.732. The Kier molecular flexibility index (Phi) is 4.94. The molecule has 0 radical (unpaired) electrons. The van der Waals surface area contributed by atoms with Crippen LogP contribution >= 0.6 is 0 Å². The van der Waals surface area contributed by atoms with Crippen molar-refractivity contribution >= 4 is 11.5 Å². The molecule has 2 heteroatoms. The Balaban J connectivity index is 2.07. The summed E-state index contributed by atoms with van der Waals surface area (Å²) in [5, 5.41) is 0. The van der Waals surface area contributed by atoms with Gasteiger partial charge in [-0.2, -0.15) is 0 Å². The van der Waals surface area contributed by atoms with Crippen LogP contribution in [0, 0.1) is 0 Å². The maximum absolute atomic E-state index is 12.3. The molecular formula is C18H21NO. The van der Waals surface area contributed by atoms with Gasteiger partial charge in [-0.15, -0.1) is 0 Å². The summed E-state index contributed by atoms with van der Waals surface area (Å²) in [6, 6.07) is 20.0. The van der Waals surface area contributed by atoms with E-state index < -0.39 is 0 Å². The third kappa shape index (κ3) is 3.47. The third-order valence-corrected chi connectivity index (χ3v) is 3.54. The van der Waals surface area contributed by atoms with Gasteiger partial charge in [0.25, 0.3) is 0 Å². The fourth-order valence-electron chi connectivity index (χ4n) is 2.49. The molecule has 0 aliphatic rings. The summed E-state index contributed by atoms with van der Waals surface area (Å²) in [6.45, 7) is 5.13. The van der Waals surface area contributed by atoms with Crippen LogP contribution in [0.4, 0.5) is 5.69 Å². The van der Waals surface area contributed by atoms with E-state index in [1.165, 1.54) is 5.69 Å². The summed E-state index contributed by atoms with van der Waals surface area (Å²) < 4.78 is 0. The lowest BCUT2D eigenvalue weighted by Crippen LogP contribution is -2.34. The van der Waals surface area contributed by atoms with Crippen LogP contribution in [0.2, 0.25) is 0 Å². The molecule has 2 rings (SSSR count). The van der Waals surface area contributed by atoms with Crippen molar-refractivity contribution in [2.75, 3.05) is 11.4 Å². The Hall–Kier alpha value is -2.09. The van der Waals surface area contributed by atoms with Gasteiger partial charge in [0.05, 0.1) is 0 Å². The number of para-hydroxylation sites is 1. The van der Waals surface area contributed by atoms with Crippen LogP contribution in [-0.2, 0) is 0 Å². The minimum atomic E-state index is 0.190. The second-order valence-electron chi connectivity index (χ2n) is 4.96. The van der Waals surface area contributed by atoms with Crippen LogP contribution in [0.25, 0.3) is 0 Å². The Labute approximate surface area is 121 Å². The van der Waals surface area contributed by atoms with Gasteiger partial charge in [-0.1, -0.05) is 48.5 Å². The van der Waals surface area contributed by atoms with Crippen molar-refractivity contribution in [2.45, 2.75) is 26.3 Å². The summed E-state index contributed by atoms with van der Waals surface area (Å²) in [5.41, 5.74) is 1.96. The van der Waals surface area contributed by atoms with Gasteiger partial charge in [-0.3, -0.25) is 4.79 Å². The van der Waals surface area contributed by atoms with E-state index in [1.54, 1.807) is 0 Å². The summed E-state index contributed by atoms with van der Waals surface area (Å²) in [7, 11) is 0. The molecule has 2 aromatic carbocycles. The van der Waals surface area contributed by atoms with Crippen LogP contribution in [0.1, 0.15) is 30.6 Å². The number of benzene rings is 2. The van der Waals surface area contributed by atoms with E-state index >= 15 is 0 Å². The number of carbonyl (C=O) groups excluding carboxylic acids is 1. The zero-order valence-corrected chi connectivity index (χ0v) is 12.1. The Morgan fingerprint density at radius 3 is 2.10 bits per heavy atom. The SMILES string of the molecule is CCN(c1ccccc1)C(C)CC(=O)c1ccccc1. The largest absolute Gasteiger partial charge is 0.369 e. The predicted octanol–water partition coefficient (Wildman–Crippen LogP) is 4.17. The maximum atomic E-state index is 12.3. The Bertz CT molecular complexity index is 536. The van der Waals surface area contributed by atoms with E-state index in [0.717, 1.165) is 12.1 Å². The van der Waals surface area contributed by atoms with Crippen molar-refractivity contribution in [2.24, 2.45) is 0 Å². The molecule has 0 aromatic heterocycles. The van der Waals surface area contributed by atoms with Crippen LogP contribution in [0.3, 0.4) is 0 Å². The number of ketones is 1. The standard InChI is InChI=1S/C18H21NO/c1-3-19(17-12-8-5-9-13-17)15(2)14-18(20)16-10-6-4-7-11-16/h4-13,15H,3,14H2,1-2H3. The Morgan fingerprint density at radius 2 is 1.55 bits per heavy atom. The van der Waals surface area contributed by atoms with Crippen molar-refractivity contribution in [3.05, 3.63) is 66.2 Å². The van der Waals surface area contributed by atoms with Gasteiger partial charge < -0.3 is 4.90 Å². The molecular weight excluding hydrogens is 246 g/mol. The van der Waals surface area contributed by atoms with Crippen LogP contribution in [0.15, 0.2) is 60.7 Å². The van der Waals surface area contributed by atoms with E-state index in [9.17, 15) is 4.79 Å². The van der Waals surface area contributed by atoms with Gasteiger partial charge in [-0.05, 0) is 26.0 Å². The van der Waals surface area contributed by atoms with E-state index in [2.05, 4.69) is 30.9 Å². The number of nitrogens with zero attached hydrogens (tertiary/aromatic N) is 1. The molecule has 0 heterocycles. The fourth-order valence-corrected chi connectivity index (χ4v) is 2.49. The number of Topliss-reactive ketones (excluding diaryl/α,β-unsaturated/α-hetero) is 1. The molecule has 20 heavy (non-hydrogen) atoms. The predicted molar refractivity (Wildman–Crippen MR) is 84.3 cm³/mol. The first-order valence-corrected chi connectivity index (χ1v) is 7.12. The highest BCUT2D eigenvalue weighted by Crippen LogP contribution is 2.19. The zero-order chi connectivity index (χ0) is 14.4. The van der Waals surface area contributed by atoms with Gasteiger partial charge in [0.15, 0.2) is 5.78 Å². The lowest BCUT2D eigenvalue weighted by atomic mass is 10.0. The topological polar surface area (TPSA) is 20.3 Å². The van der Waals surface area contributed by atoms with Crippen molar-refractivity contribution in [3.8, 4) is 0 Å². The molecule has 0 saturated heterocycles. The first-order chi connectivity index (χ1) is 9.72. The van der Waals surface area contributed by atoms with E-state index in [-0.39, 0.29) is 11.8 Å². The lowest BCUT2D eigenvalue weighted by Gasteiger charge is -2.29. The average molecular weight is 267 g/mol. The van der Waals surface area contributed by atoms with Crippen LogP contribution in [0.5, 0.6) is 0 Å². The highest BCUT2D eigenvalue weighted by atomic mass is 16.1. The Morgan fingerprint density at radius 1 is 1.00 bits per heavy atom. The summed E-state index contributed by atoms with van der Waals surface area (Å²) in [4.78, 5) is 14.5. The number of hydrogen-bond acceptors (Lipinski definition) is 2. The smallest absolute Gasteiger partial charge is 0.164 e. The van der Waals surface area contributed by atoms with Crippen LogP contribution < -0.4 is 4.90 Å². The molecule has 1 atom stereocenters. The van der Waals surface area contributed by atoms with Gasteiger partial charge in [0.2, 0.25) is 0 Å². The molecule has 0 spiro atoms. The zero-order valence-electron chi connectivity index (χ0n) is 12.1. The fraction of sp³-hybridized carbons (Fsp3) is 0.278. The molecule has 0 bridgehead atoms. The number of hydrogen-bond donors (Lipinski definition) is 0. The normalized spacial score (nSPS) is 11.9. The second kappa shape index (κ2) is 6.90. The van der Waals surface area contributed by atoms with Gasteiger partial charge in [0, 0.05) is 30.3 Å². The van der Waals surface area contributed by atoms with Crippen molar-refractivity contribution < 1.29 is 4.79 Å². The van der Waals surface area contributed by atoms with Crippen molar-refractivity contribution in [3.63, 3.8) is 0 Å². The van der Waals surface area contributed by atoms with Crippen molar-refractivity contribution in [1.82, 2.24) is 0 Å². The second-order valence-corrected chi connectivity index (χ2v) is 4.96. The molecule has 2 nitrogen and oxygen atoms in total. The van der Waals surface area contributed by atoms with Crippen LogP contribution in [-0.4, -0.2) is 18.4 Å². The van der Waals surface area contributed by atoms with E-state index in [0.29, 0.717) is 6.42 Å². The molecule has 0 aliphatic carbocycles. The molecule has 0 amide bonds. The monoisotopic (exact) mass is 267 g/mol. The number of anilines is 1. The van der Waals surface area contributed by atoms with Crippen molar-refractivity contribution in [1.29, 1.82) is 0 Å². The molecule has 1 unspecified atom stereocenters. The summed E-state index contributed by atoms with van der Waals surface area (Å²) >= 11 is 0.